The predicted molar refractivity (Wildman–Crippen MR) is 129 cm³/mol. The number of nitrogens with one attached hydrogen (secondary N) is 3. The number of benzene rings is 1. The maximum absolute atomic E-state index is 12.2. The van der Waals surface area contributed by atoms with E-state index in [-0.39, 0.29) is 17.9 Å². The van der Waals surface area contributed by atoms with Crippen LogP contribution in [0.5, 0.6) is 0 Å². The molecule has 0 bridgehead atoms. The molecule has 34 heavy (non-hydrogen) atoms. The van der Waals surface area contributed by atoms with Crippen LogP contribution in [0.2, 0.25) is 0 Å². The van der Waals surface area contributed by atoms with Crippen molar-refractivity contribution in [3.63, 3.8) is 0 Å². The Morgan fingerprint density at radius 3 is 2.71 bits per heavy atom. The van der Waals surface area contributed by atoms with Crippen LogP contribution in [0.3, 0.4) is 0 Å². The molecule has 3 N–H and O–H groups in total. The molecule has 0 aliphatic heterocycles. The van der Waals surface area contributed by atoms with Gasteiger partial charge in [-0.1, -0.05) is 23.4 Å². The van der Waals surface area contributed by atoms with Crippen LogP contribution in [0, 0.1) is 0 Å². The highest BCUT2D eigenvalue weighted by atomic mass is 16.5. The molecule has 3 aromatic heterocycles. The smallest absolute Gasteiger partial charge is 0.272 e. The minimum absolute atomic E-state index is 0.0932. The molecule has 1 aromatic carbocycles. The zero-order chi connectivity index (χ0) is 23.9. The minimum Gasteiger partial charge on any atom is -0.368 e. The van der Waals surface area contributed by atoms with Gasteiger partial charge in [-0.2, -0.15) is 10.1 Å². The van der Waals surface area contributed by atoms with Crippen molar-refractivity contribution in [1.29, 1.82) is 0 Å². The number of H-pyrrole nitrogens is 1. The average molecular weight is 463 g/mol. The van der Waals surface area contributed by atoms with E-state index in [0.29, 0.717) is 48.9 Å². The number of anilines is 2. The van der Waals surface area contributed by atoms with Crippen LogP contribution in [0.1, 0.15) is 18.7 Å². The summed E-state index contributed by atoms with van der Waals surface area (Å²) in [7, 11) is 3.84. The number of rotatable bonds is 10. The lowest BCUT2D eigenvalue weighted by Gasteiger charge is -2.10. The molecule has 0 aliphatic rings. The van der Waals surface area contributed by atoms with E-state index in [4.69, 9.17) is 4.52 Å². The van der Waals surface area contributed by atoms with Gasteiger partial charge in [-0.15, -0.1) is 0 Å². The van der Waals surface area contributed by atoms with Crippen LogP contribution in [0.4, 0.5) is 11.6 Å². The Morgan fingerprint density at radius 2 is 1.94 bits per heavy atom. The highest BCUT2D eigenvalue weighted by Crippen LogP contribution is 2.18. The van der Waals surface area contributed by atoms with Gasteiger partial charge in [-0.3, -0.25) is 9.59 Å². The van der Waals surface area contributed by atoms with Crippen molar-refractivity contribution >= 4 is 28.3 Å². The van der Waals surface area contributed by atoms with E-state index in [9.17, 15) is 9.59 Å². The van der Waals surface area contributed by atoms with E-state index in [0.717, 1.165) is 16.8 Å². The molecule has 0 aliphatic carbocycles. The molecule has 4 aromatic rings. The Morgan fingerprint density at radius 1 is 1.12 bits per heavy atom. The Labute approximate surface area is 195 Å². The number of amides is 1. The maximum Gasteiger partial charge on any atom is 0.272 e. The molecule has 0 fully saturated rings. The van der Waals surface area contributed by atoms with Crippen LogP contribution in [0.15, 0.2) is 51.9 Å². The van der Waals surface area contributed by atoms with Crippen molar-refractivity contribution in [3.8, 4) is 11.4 Å². The summed E-state index contributed by atoms with van der Waals surface area (Å²) in [4.78, 5) is 34.6. The van der Waals surface area contributed by atoms with Gasteiger partial charge >= 0.3 is 0 Å². The number of hydrogen-bond donors (Lipinski definition) is 3. The fourth-order valence-corrected chi connectivity index (χ4v) is 3.34. The number of pyridine rings is 1. The van der Waals surface area contributed by atoms with E-state index in [2.05, 4.69) is 36.0 Å². The fraction of sp³-hybridized carbons (Fsp3) is 0.304. The van der Waals surface area contributed by atoms with Crippen molar-refractivity contribution in [2.45, 2.75) is 19.3 Å². The highest BCUT2D eigenvalue weighted by molar-refractivity contribution is 5.90. The maximum atomic E-state index is 12.2. The third-order valence-electron chi connectivity index (χ3n) is 5.16. The quantitative estimate of drug-likeness (QED) is 0.302. The van der Waals surface area contributed by atoms with Crippen molar-refractivity contribution < 1.29 is 9.32 Å². The molecule has 0 radical (unpaired) electrons. The number of carbonyl (C=O) groups excluding carboxylic acids is 1. The first-order valence-electron chi connectivity index (χ1n) is 11.0. The first-order chi connectivity index (χ1) is 16.5. The second-order valence-electron chi connectivity index (χ2n) is 7.89. The number of fused-ring (bicyclic) bond motifs is 1. The third kappa shape index (κ3) is 5.55. The Bertz CT molecular complexity index is 1310. The predicted octanol–water partition coefficient (Wildman–Crippen LogP) is 1.99. The first-order valence-corrected chi connectivity index (χ1v) is 11.0. The number of carbonyl (C=O) groups is 1. The summed E-state index contributed by atoms with van der Waals surface area (Å²) in [6.07, 6.45) is 2.99. The van der Waals surface area contributed by atoms with Crippen LogP contribution < -0.4 is 21.1 Å². The Hall–Kier alpha value is -4.28. The zero-order valence-electron chi connectivity index (χ0n) is 19.0. The third-order valence-corrected chi connectivity index (χ3v) is 5.16. The molecule has 0 unspecified atom stereocenters. The largest absolute Gasteiger partial charge is 0.368 e. The average Bonchev–Trinajstić information content (AvgIpc) is 3.33. The molecular weight excluding hydrogens is 436 g/mol. The van der Waals surface area contributed by atoms with Gasteiger partial charge in [0.25, 0.3) is 5.56 Å². The lowest BCUT2D eigenvalue weighted by molar-refractivity contribution is -0.121. The molecule has 0 spiro atoms. The zero-order valence-corrected chi connectivity index (χ0v) is 19.0. The summed E-state index contributed by atoms with van der Waals surface area (Å²) < 4.78 is 5.26. The van der Waals surface area contributed by atoms with Gasteiger partial charge in [0.05, 0.1) is 5.39 Å². The van der Waals surface area contributed by atoms with E-state index in [1.165, 1.54) is 0 Å². The molecule has 11 nitrogen and oxygen atoms in total. The highest BCUT2D eigenvalue weighted by Gasteiger charge is 2.11. The lowest BCUT2D eigenvalue weighted by atomic mass is 10.2. The molecule has 3 heterocycles. The number of aryl methyl sites for hydroxylation is 1. The standard InChI is InChI=1S/C23H26N8O3/c1-31(2)18-9-8-15(14-26-18)21-27-20(34-30-21)11-10-19(32)24-12-5-13-25-22-16-6-3-4-7-17(16)23(33)29-28-22/h3-4,6-9,14H,5,10-13H2,1-2H3,(H,24,32)(H,25,28)(H,29,33). The summed E-state index contributed by atoms with van der Waals surface area (Å²) in [6.45, 7) is 1.10. The Balaban J connectivity index is 1.18. The topological polar surface area (TPSA) is 142 Å². The summed E-state index contributed by atoms with van der Waals surface area (Å²) in [5.41, 5.74) is 0.531. The SMILES string of the molecule is CN(C)c1ccc(-c2noc(CCC(=O)NCCCNc3n[nH]c(=O)c4ccccc34)n2)cn1. The molecule has 0 atom stereocenters. The van der Waals surface area contributed by atoms with Crippen molar-refractivity contribution in [3.05, 3.63) is 58.8 Å². The van der Waals surface area contributed by atoms with Gasteiger partial charge in [-0.25, -0.2) is 10.1 Å². The molecule has 176 valence electrons. The molecule has 0 saturated carbocycles. The summed E-state index contributed by atoms with van der Waals surface area (Å²) in [5.74, 6) is 2.20. The summed E-state index contributed by atoms with van der Waals surface area (Å²) in [5, 5.41) is 18.0. The summed E-state index contributed by atoms with van der Waals surface area (Å²) >= 11 is 0. The van der Waals surface area contributed by atoms with Crippen molar-refractivity contribution in [2.24, 2.45) is 0 Å². The molecular formula is C23H26N8O3. The number of hydrogen-bond acceptors (Lipinski definition) is 9. The van der Waals surface area contributed by atoms with E-state index in [1.54, 1.807) is 12.3 Å². The monoisotopic (exact) mass is 462 g/mol. The van der Waals surface area contributed by atoms with E-state index >= 15 is 0 Å². The normalized spacial score (nSPS) is 10.9. The van der Waals surface area contributed by atoms with Crippen molar-refractivity contribution in [2.75, 3.05) is 37.4 Å². The first kappa shape index (κ1) is 22.9. The number of aromatic nitrogens is 5. The van der Waals surface area contributed by atoms with Crippen LogP contribution >= 0.6 is 0 Å². The van der Waals surface area contributed by atoms with Gasteiger partial charge in [-0.05, 0) is 24.6 Å². The molecule has 1 amide bonds. The van der Waals surface area contributed by atoms with E-state index < -0.39 is 0 Å². The van der Waals surface area contributed by atoms with Gasteiger partial charge in [0.15, 0.2) is 5.82 Å². The molecule has 0 saturated heterocycles. The van der Waals surface area contributed by atoms with Crippen LogP contribution in [0.25, 0.3) is 22.2 Å². The lowest BCUT2D eigenvalue weighted by Crippen LogP contribution is -2.26. The number of nitrogens with zero attached hydrogens (tertiary/aromatic N) is 5. The van der Waals surface area contributed by atoms with Gasteiger partial charge in [0, 0.05) is 57.2 Å². The van der Waals surface area contributed by atoms with Crippen molar-refractivity contribution in [1.82, 2.24) is 30.6 Å². The summed E-state index contributed by atoms with van der Waals surface area (Å²) in [6, 6.07) is 11.0. The number of aromatic amines is 1. The van der Waals surface area contributed by atoms with Gasteiger partial charge < -0.3 is 20.1 Å². The Kier molecular flexibility index (Phi) is 7.11. The van der Waals surface area contributed by atoms with Crippen LogP contribution in [-0.4, -0.2) is 58.4 Å². The minimum atomic E-state index is -0.222. The van der Waals surface area contributed by atoms with E-state index in [1.807, 2.05) is 49.3 Å². The van der Waals surface area contributed by atoms with Gasteiger partial charge in [0.2, 0.25) is 17.6 Å². The second-order valence-corrected chi connectivity index (χ2v) is 7.89. The molecule has 4 rings (SSSR count). The van der Waals surface area contributed by atoms with Gasteiger partial charge in [0.1, 0.15) is 5.82 Å². The second kappa shape index (κ2) is 10.6. The fourth-order valence-electron chi connectivity index (χ4n) is 3.34. The van der Waals surface area contributed by atoms with Crippen LogP contribution in [-0.2, 0) is 11.2 Å². The molecule has 11 heteroatoms.